The highest BCUT2D eigenvalue weighted by Gasteiger charge is 2.27. The molecule has 3 heterocycles. The minimum atomic E-state index is -2.78. The summed E-state index contributed by atoms with van der Waals surface area (Å²) in [6.45, 7) is -3.12. The molecule has 2 aromatic heterocycles. The van der Waals surface area contributed by atoms with Gasteiger partial charge in [0.2, 0.25) is 5.89 Å². The maximum absolute atomic E-state index is 12.9. The summed E-state index contributed by atoms with van der Waals surface area (Å²) in [7, 11) is 1.54. The Morgan fingerprint density at radius 2 is 2.28 bits per heavy atom. The Balaban J connectivity index is 1.75. The molecule has 0 radical (unpaired) electrons. The monoisotopic (exact) mass is 400 g/mol. The van der Waals surface area contributed by atoms with E-state index < -0.39 is 25.6 Å². The zero-order valence-corrected chi connectivity index (χ0v) is 16.3. The van der Waals surface area contributed by atoms with Crippen LogP contribution in [-0.4, -0.2) is 55.1 Å². The first-order valence-corrected chi connectivity index (χ1v) is 9.45. The van der Waals surface area contributed by atoms with Crippen LogP contribution in [0.3, 0.4) is 0 Å². The molecule has 1 aromatic carbocycles. The van der Waals surface area contributed by atoms with Gasteiger partial charge in [0.15, 0.2) is 0 Å². The van der Waals surface area contributed by atoms with E-state index in [9.17, 15) is 4.79 Å². The lowest BCUT2D eigenvalue weighted by molar-refractivity contribution is 0.315. The SMILES string of the molecule is [2H]C([2H])([2H])N(C1CCN(c2ncccc2-c2nc3cc(OC)cc(CC)c3c(=O)o2)C1)C([2H])([2H])[2H]. The molecule has 7 nitrogen and oxygen atoms in total. The van der Waals surface area contributed by atoms with Gasteiger partial charge in [0.1, 0.15) is 11.6 Å². The highest BCUT2D eigenvalue weighted by Crippen LogP contribution is 2.31. The lowest BCUT2D eigenvalue weighted by Gasteiger charge is -2.22. The summed E-state index contributed by atoms with van der Waals surface area (Å²) in [5.74, 6) is 1.06. The predicted octanol–water partition coefficient (Wildman–Crippen LogP) is 2.96. The Morgan fingerprint density at radius 3 is 3.03 bits per heavy atom. The molecule has 0 bridgehead atoms. The average molecular weight is 401 g/mol. The van der Waals surface area contributed by atoms with E-state index >= 15 is 0 Å². The highest BCUT2D eigenvalue weighted by molar-refractivity contribution is 5.84. The fourth-order valence-electron chi connectivity index (χ4n) is 3.72. The van der Waals surface area contributed by atoms with E-state index in [1.54, 1.807) is 35.4 Å². The van der Waals surface area contributed by atoms with Crippen molar-refractivity contribution in [2.75, 3.05) is 39.1 Å². The largest absolute Gasteiger partial charge is 0.497 e. The van der Waals surface area contributed by atoms with Crippen molar-refractivity contribution in [3.8, 4) is 17.2 Å². The molecule has 1 aliphatic rings. The van der Waals surface area contributed by atoms with Crippen molar-refractivity contribution in [3.05, 3.63) is 46.4 Å². The third-order valence-corrected chi connectivity index (χ3v) is 5.25. The van der Waals surface area contributed by atoms with Crippen LogP contribution in [0.15, 0.2) is 39.7 Å². The second kappa shape index (κ2) is 7.83. The molecule has 1 atom stereocenters. The second-order valence-electron chi connectivity index (χ2n) is 6.97. The van der Waals surface area contributed by atoms with Gasteiger partial charge in [-0.15, -0.1) is 0 Å². The molecule has 0 aliphatic carbocycles. The molecule has 1 unspecified atom stereocenters. The molecule has 0 saturated carbocycles. The number of hydrogen-bond acceptors (Lipinski definition) is 7. The van der Waals surface area contributed by atoms with Gasteiger partial charge in [-0.3, -0.25) is 0 Å². The van der Waals surface area contributed by atoms with Gasteiger partial charge in [-0.25, -0.2) is 14.8 Å². The van der Waals surface area contributed by atoms with Crippen LogP contribution in [0.5, 0.6) is 5.75 Å². The zero-order chi connectivity index (χ0) is 25.5. The van der Waals surface area contributed by atoms with Gasteiger partial charge in [-0.05, 0) is 50.6 Å². The number of benzene rings is 1. The Hall–Kier alpha value is -2.93. The Labute approximate surface area is 178 Å². The van der Waals surface area contributed by atoms with E-state index in [4.69, 9.17) is 17.4 Å². The molecule has 0 spiro atoms. The van der Waals surface area contributed by atoms with Gasteiger partial charge in [0.05, 0.1) is 23.6 Å². The van der Waals surface area contributed by atoms with Crippen LogP contribution >= 0.6 is 0 Å². The first-order chi connectivity index (χ1) is 16.4. The van der Waals surface area contributed by atoms with Crippen molar-refractivity contribution in [1.82, 2.24) is 14.9 Å². The number of nitrogens with zero attached hydrogens (tertiary/aromatic N) is 4. The first-order valence-electron chi connectivity index (χ1n) is 12.5. The summed E-state index contributed by atoms with van der Waals surface area (Å²) in [5, 5.41) is 0.384. The van der Waals surface area contributed by atoms with Gasteiger partial charge < -0.3 is 19.0 Å². The summed E-state index contributed by atoms with van der Waals surface area (Å²) in [4.78, 5) is 24.3. The van der Waals surface area contributed by atoms with E-state index in [-0.39, 0.29) is 12.4 Å². The molecule has 1 saturated heterocycles. The van der Waals surface area contributed by atoms with E-state index in [2.05, 4.69) is 9.97 Å². The Kier molecular flexibility index (Phi) is 3.60. The van der Waals surface area contributed by atoms with Crippen LogP contribution in [0.4, 0.5) is 5.82 Å². The maximum atomic E-state index is 12.9. The third-order valence-electron chi connectivity index (χ3n) is 5.25. The number of rotatable bonds is 5. The minimum Gasteiger partial charge on any atom is -0.497 e. The van der Waals surface area contributed by atoms with Crippen molar-refractivity contribution in [2.24, 2.45) is 0 Å². The lowest BCUT2D eigenvalue weighted by Crippen LogP contribution is -2.31. The Bertz CT molecular complexity index is 1280. The molecule has 4 rings (SSSR count). The molecule has 1 aliphatic heterocycles. The normalized spacial score (nSPS) is 20.7. The number of likely N-dealkylation sites (N-methyl/N-ethyl adjacent to an activating group) is 1. The summed E-state index contributed by atoms with van der Waals surface area (Å²) in [6, 6.07) is 6.10. The lowest BCUT2D eigenvalue weighted by atomic mass is 10.1. The van der Waals surface area contributed by atoms with Crippen molar-refractivity contribution in [3.63, 3.8) is 0 Å². The highest BCUT2D eigenvalue weighted by atomic mass is 16.5. The third kappa shape index (κ3) is 3.58. The predicted molar refractivity (Wildman–Crippen MR) is 114 cm³/mol. The molecule has 152 valence electrons. The van der Waals surface area contributed by atoms with Gasteiger partial charge in [-0.1, -0.05) is 6.92 Å². The summed E-state index contributed by atoms with van der Waals surface area (Å²) in [6.07, 6.45) is 2.48. The number of aryl methyl sites for hydroxylation is 1. The maximum Gasteiger partial charge on any atom is 0.347 e. The quantitative estimate of drug-likeness (QED) is 0.652. The molecule has 0 amide bonds. The standard InChI is InChI=1S/C22H26N4O3/c1-5-14-11-16(28-4)12-18-19(14)22(27)29-21(24-18)17-7-6-9-23-20(17)26-10-8-15(13-26)25(2)3/h6-7,9,11-12,15H,5,8,10,13H2,1-4H3/i2D3,3D3. The summed E-state index contributed by atoms with van der Waals surface area (Å²) in [5.41, 5.74) is 1.10. The van der Waals surface area contributed by atoms with E-state index in [0.29, 0.717) is 52.3 Å². The number of ether oxygens (including phenoxy) is 1. The minimum absolute atomic E-state index is 0.0628. The van der Waals surface area contributed by atoms with Crippen molar-refractivity contribution in [2.45, 2.75) is 25.8 Å². The smallest absolute Gasteiger partial charge is 0.347 e. The number of aromatic nitrogens is 2. The van der Waals surface area contributed by atoms with Crippen molar-refractivity contribution >= 4 is 16.7 Å². The van der Waals surface area contributed by atoms with E-state index in [0.717, 1.165) is 5.56 Å². The molecule has 7 heteroatoms. The number of fused-ring (bicyclic) bond motifs is 1. The van der Waals surface area contributed by atoms with Gasteiger partial charge in [-0.2, -0.15) is 0 Å². The number of anilines is 1. The topological polar surface area (TPSA) is 71.7 Å². The number of hydrogen-bond donors (Lipinski definition) is 0. The Morgan fingerprint density at radius 1 is 1.41 bits per heavy atom. The van der Waals surface area contributed by atoms with E-state index in [1.807, 2.05) is 6.92 Å². The number of pyridine rings is 1. The van der Waals surface area contributed by atoms with Crippen molar-refractivity contribution in [1.29, 1.82) is 0 Å². The molecule has 0 N–H and O–H groups in total. The van der Waals surface area contributed by atoms with Crippen molar-refractivity contribution < 1.29 is 17.4 Å². The van der Waals surface area contributed by atoms with Crippen LogP contribution in [0.25, 0.3) is 22.4 Å². The van der Waals surface area contributed by atoms with Crippen LogP contribution in [0.2, 0.25) is 0 Å². The van der Waals surface area contributed by atoms with Crippen LogP contribution in [0, 0.1) is 0 Å². The summed E-state index contributed by atoms with van der Waals surface area (Å²) < 4.78 is 57.3. The first kappa shape index (κ1) is 13.3. The molecular formula is C22H26N4O3. The summed E-state index contributed by atoms with van der Waals surface area (Å²) >= 11 is 0. The van der Waals surface area contributed by atoms with E-state index in [1.165, 1.54) is 7.11 Å². The van der Waals surface area contributed by atoms with Gasteiger partial charge >= 0.3 is 5.63 Å². The fraction of sp³-hybridized carbons (Fsp3) is 0.409. The van der Waals surface area contributed by atoms with Crippen LogP contribution in [-0.2, 0) is 6.42 Å². The number of methoxy groups -OCH3 is 1. The molecule has 3 aromatic rings. The van der Waals surface area contributed by atoms with Gasteiger partial charge in [0.25, 0.3) is 0 Å². The zero-order valence-electron chi connectivity index (χ0n) is 22.3. The second-order valence-corrected chi connectivity index (χ2v) is 6.97. The molecular weight excluding hydrogens is 368 g/mol. The molecule has 1 fully saturated rings. The van der Waals surface area contributed by atoms with Gasteiger partial charge in [0, 0.05) is 39.6 Å². The van der Waals surface area contributed by atoms with Crippen LogP contribution < -0.4 is 15.3 Å². The average Bonchev–Trinajstić information content (AvgIpc) is 3.24. The van der Waals surface area contributed by atoms with Crippen LogP contribution in [0.1, 0.15) is 27.1 Å². The molecule has 29 heavy (non-hydrogen) atoms. The fourth-order valence-corrected chi connectivity index (χ4v) is 3.72.